The summed E-state index contributed by atoms with van der Waals surface area (Å²) in [5.41, 5.74) is 0. The third kappa shape index (κ3) is 2.35. The topological polar surface area (TPSA) is 74.7 Å². The molecule has 2 unspecified atom stereocenters. The minimum Gasteiger partial charge on any atom is -0.481 e. The fourth-order valence-electron chi connectivity index (χ4n) is 3.17. The van der Waals surface area contributed by atoms with Gasteiger partial charge in [-0.05, 0) is 31.6 Å². The van der Waals surface area contributed by atoms with Gasteiger partial charge in [-0.2, -0.15) is 13.1 Å². The molecule has 104 valence electrons. The SMILES string of the molecule is O=C(O)CC1CC2CCC(C1)N2S(=O)(=O)C(F)F. The van der Waals surface area contributed by atoms with E-state index in [0.29, 0.717) is 25.7 Å². The van der Waals surface area contributed by atoms with Crippen molar-refractivity contribution in [1.82, 2.24) is 4.31 Å². The maximum Gasteiger partial charge on any atom is 0.350 e. The zero-order valence-electron chi connectivity index (χ0n) is 9.63. The van der Waals surface area contributed by atoms with Crippen molar-refractivity contribution in [3.63, 3.8) is 0 Å². The fourth-order valence-corrected chi connectivity index (χ4v) is 4.57. The Kier molecular flexibility index (Phi) is 3.59. The number of halogens is 2. The highest BCUT2D eigenvalue weighted by Crippen LogP contribution is 2.42. The van der Waals surface area contributed by atoms with Crippen molar-refractivity contribution in [1.29, 1.82) is 0 Å². The molecule has 2 fully saturated rings. The summed E-state index contributed by atoms with van der Waals surface area (Å²) >= 11 is 0. The summed E-state index contributed by atoms with van der Waals surface area (Å²) in [5.74, 6) is -4.43. The van der Waals surface area contributed by atoms with E-state index in [1.165, 1.54) is 0 Å². The molecular formula is C10H15F2NO4S. The molecule has 5 nitrogen and oxygen atoms in total. The minimum absolute atomic E-state index is 0.0183. The molecule has 2 aliphatic rings. The van der Waals surface area contributed by atoms with E-state index in [1.54, 1.807) is 0 Å². The van der Waals surface area contributed by atoms with Gasteiger partial charge in [-0.25, -0.2) is 8.42 Å². The van der Waals surface area contributed by atoms with Gasteiger partial charge in [-0.3, -0.25) is 4.79 Å². The quantitative estimate of drug-likeness (QED) is 0.842. The van der Waals surface area contributed by atoms with E-state index >= 15 is 0 Å². The van der Waals surface area contributed by atoms with Crippen molar-refractivity contribution >= 4 is 16.0 Å². The van der Waals surface area contributed by atoms with Crippen LogP contribution in [0.2, 0.25) is 0 Å². The molecule has 0 aliphatic carbocycles. The molecule has 2 heterocycles. The molecule has 0 aromatic rings. The van der Waals surface area contributed by atoms with Gasteiger partial charge in [0, 0.05) is 18.5 Å². The highest BCUT2D eigenvalue weighted by molar-refractivity contribution is 7.89. The van der Waals surface area contributed by atoms with E-state index in [0.717, 1.165) is 4.31 Å². The highest BCUT2D eigenvalue weighted by Gasteiger charge is 2.49. The van der Waals surface area contributed by atoms with E-state index in [4.69, 9.17) is 5.11 Å². The largest absolute Gasteiger partial charge is 0.481 e. The number of aliphatic carboxylic acids is 1. The van der Waals surface area contributed by atoms with Crippen molar-refractivity contribution in [3.05, 3.63) is 0 Å². The molecule has 8 heteroatoms. The van der Waals surface area contributed by atoms with Gasteiger partial charge < -0.3 is 5.11 Å². The average molecular weight is 283 g/mol. The summed E-state index contributed by atoms with van der Waals surface area (Å²) in [7, 11) is -4.54. The zero-order chi connectivity index (χ0) is 13.5. The number of rotatable bonds is 4. The molecule has 2 rings (SSSR count). The van der Waals surface area contributed by atoms with E-state index in [1.807, 2.05) is 0 Å². The van der Waals surface area contributed by atoms with Gasteiger partial charge in [-0.15, -0.1) is 0 Å². The van der Waals surface area contributed by atoms with Crippen LogP contribution in [-0.4, -0.2) is 41.6 Å². The predicted molar refractivity (Wildman–Crippen MR) is 58.5 cm³/mol. The summed E-state index contributed by atoms with van der Waals surface area (Å²) in [4.78, 5) is 10.6. The number of fused-ring (bicyclic) bond motifs is 2. The van der Waals surface area contributed by atoms with Crippen LogP contribution in [0.25, 0.3) is 0 Å². The minimum atomic E-state index is -4.54. The lowest BCUT2D eigenvalue weighted by Crippen LogP contribution is -2.48. The number of carboxylic acid groups (broad SMARTS) is 1. The molecule has 0 spiro atoms. The first kappa shape index (κ1) is 13.7. The third-order valence-electron chi connectivity index (χ3n) is 3.75. The molecule has 1 N–H and O–H groups in total. The average Bonchev–Trinajstić information content (AvgIpc) is 2.51. The normalized spacial score (nSPS) is 32.9. The van der Waals surface area contributed by atoms with Crippen molar-refractivity contribution in [3.8, 4) is 0 Å². The molecule has 2 bridgehead atoms. The molecule has 2 saturated heterocycles. The molecule has 0 saturated carbocycles. The number of carboxylic acids is 1. The van der Waals surface area contributed by atoms with Crippen LogP contribution in [0.4, 0.5) is 8.78 Å². The Hall–Kier alpha value is -0.760. The standard InChI is InChI=1S/C10H15F2NO4S/c11-10(12)18(16,17)13-7-1-2-8(13)4-6(3-7)5-9(14)15/h6-8,10H,1-5H2,(H,14,15). The Labute approximate surface area is 104 Å². The zero-order valence-corrected chi connectivity index (χ0v) is 10.4. The van der Waals surface area contributed by atoms with Crippen LogP contribution in [0.1, 0.15) is 32.1 Å². The maximum absolute atomic E-state index is 12.6. The Morgan fingerprint density at radius 2 is 1.78 bits per heavy atom. The van der Waals surface area contributed by atoms with E-state index in [2.05, 4.69) is 0 Å². The number of hydrogen-bond donors (Lipinski definition) is 1. The van der Waals surface area contributed by atoms with Crippen LogP contribution < -0.4 is 0 Å². The van der Waals surface area contributed by atoms with Crippen LogP contribution >= 0.6 is 0 Å². The molecule has 0 aromatic heterocycles. The second-order valence-electron chi connectivity index (χ2n) is 4.96. The molecule has 0 radical (unpaired) electrons. The van der Waals surface area contributed by atoms with Gasteiger partial charge in [0.1, 0.15) is 0 Å². The van der Waals surface area contributed by atoms with Crippen LogP contribution in [0.5, 0.6) is 0 Å². The second kappa shape index (κ2) is 4.73. The molecule has 18 heavy (non-hydrogen) atoms. The molecule has 2 aliphatic heterocycles. The number of piperidine rings is 1. The first-order valence-electron chi connectivity index (χ1n) is 5.84. The predicted octanol–water partition coefficient (Wildman–Crippen LogP) is 1.26. The Morgan fingerprint density at radius 3 is 2.17 bits per heavy atom. The number of nitrogens with zero attached hydrogens (tertiary/aromatic N) is 1. The molecule has 0 aromatic carbocycles. The number of alkyl halides is 2. The first-order valence-corrected chi connectivity index (χ1v) is 7.35. The molecule has 0 amide bonds. The van der Waals surface area contributed by atoms with Gasteiger partial charge in [0.25, 0.3) is 10.0 Å². The Balaban J connectivity index is 2.14. The summed E-state index contributed by atoms with van der Waals surface area (Å²) in [6.07, 6.45) is 1.82. The van der Waals surface area contributed by atoms with Crippen molar-refractivity contribution < 1.29 is 27.1 Å². The Bertz CT molecular complexity index is 425. The van der Waals surface area contributed by atoms with Crippen LogP contribution in [-0.2, 0) is 14.8 Å². The smallest absolute Gasteiger partial charge is 0.350 e. The van der Waals surface area contributed by atoms with Crippen molar-refractivity contribution in [2.45, 2.75) is 49.9 Å². The van der Waals surface area contributed by atoms with Crippen LogP contribution in [0.15, 0.2) is 0 Å². The summed E-state index contributed by atoms with van der Waals surface area (Å²) in [5, 5.41) is 8.72. The van der Waals surface area contributed by atoms with E-state index in [-0.39, 0.29) is 12.3 Å². The summed E-state index contributed by atoms with van der Waals surface area (Å²) < 4.78 is 49.1. The fraction of sp³-hybridized carbons (Fsp3) is 0.900. The molecular weight excluding hydrogens is 268 g/mol. The first-order chi connectivity index (χ1) is 8.32. The lowest BCUT2D eigenvalue weighted by atomic mass is 9.90. The lowest BCUT2D eigenvalue weighted by molar-refractivity contribution is -0.138. The maximum atomic E-state index is 12.6. The van der Waals surface area contributed by atoms with Crippen LogP contribution in [0, 0.1) is 5.92 Å². The lowest BCUT2D eigenvalue weighted by Gasteiger charge is -2.37. The van der Waals surface area contributed by atoms with Crippen molar-refractivity contribution in [2.75, 3.05) is 0 Å². The van der Waals surface area contributed by atoms with Crippen LogP contribution in [0.3, 0.4) is 0 Å². The van der Waals surface area contributed by atoms with Gasteiger partial charge in [0.15, 0.2) is 0 Å². The van der Waals surface area contributed by atoms with Crippen molar-refractivity contribution in [2.24, 2.45) is 5.92 Å². The third-order valence-corrected chi connectivity index (χ3v) is 5.38. The number of hydrogen-bond acceptors (Lipinski definition) is 3. The van der Waals surface area contributed by atoms with Gasteiger partial charge in [0.05, 0.1) is 0 Å². The molecule has 2 atom stereocenters. The van der Waals surface area contributed by atoms with Gasteiger partial charge in [-0.1, -0.05) is 0 Å². The Morgan fingerprint density at radius 1 is 1.28 bits per heavy atom. The second-order valence-corrected chi connectivity index (χ2v) is 6.76. The number of carbonyl (C=O) groups is 1. The van der Waals surface area contributed by atoms with E-state index in [9.17, 15) is 22.0 Å². The van der Waals surface area contributed by atoms with Gasteiger partial charge >= 0.3 is 11.7 Å². The highest BCUT2D eigenvalue weighted by atomic mass is 32.2. The van der Waals surface area contributed by atoms with Gasteiger partial charge in [0.2, 0.25) is 0 Å². The summed E-state index contributed by atoms with van der Waals surface area (Å²) in [6, 6.07) is -0.904. The van der Waals surface area contributed by atoms with E-state index < -0.39 is 33.8 Å². The monoisotopic (exact) mass is 283 g/mol. The summed E-state index contributed by atoms with van der Waals surface area (Å²) in [6.45, 7) is 0. The number of sulfonamides is 1.